The Balaban J connectivity index is 3.36. The van der Waals surface area contributed by atoms with E-state index in [1.165, 1.54) is 13.1 Å². The van der Waals surface area contributed by atoms with E-state index in [-0.39, 0.29) is 5.56 Å². The van der Waals surface area contributed by atoms with E-state index in [2.05, 4.69) is 20.9 Å². The van der Waals surface area contributed by atoms with E-state index in [0.29, 0.717) is 4.47 Å². The van der Waals surface area contributed by atoms with Gasteiger partial charge in [0.2, 0.25) is 5.82 Å². The lowest BCUT2D eigenvalue weighted by molar-refractivity contribution is -0.392. The van der Waals surface area contributed by atoms with E-state index >= 15 is 0 Å². The van der Waals surface area contributed by atoms with Crippen molar-refractivity contribution in [2.24, 2.45) is 0 Å². The summed E-state index contributed by atoms with van der Waals surface area (Å²) in [5.74, 6) is -1.63. The van der Waals surface area contributed by atoms with E-state index in [9.17, 15) is 14.5 Å². The quantitative estimate of drug-likeness (QED) is 0.553. The average Bonchev–Trinajstić information content (AvgIpc) is 2.00. The summed E-state index contributed by atoms with van der Waals surface area (Å²) >= 11 is 3.00. The van der Waals surface area contributed by atoms with Crippen molar-refractivity contribution in [3.05, 3.63) is 32.2 Å². The highest BCUT2D eigenvalue weighted by atomic mass is 79.9. The predicted octanol–water partition coefficient (Wildman–Crippen LogP) is 2.20. The molecule has 0 saturated heterocycles. The third-order valence-electron chi connectivity index (χ3n) is 1.36. The molecule has 0 spiro atoms. The fourth-order valence-electron chi connectivity index (χ4n) is 0.671. The minimum absolute atomic E-state index is 0.191. The summed E-state index contributed by atoms with van der Waals surface area (Å²) in [6, 6.07) is 0. The van der Waals surface area contributed by atoms with Gasteiger partial charge in [0.15, 0.2) is 6.20 Å². The van der Waals surface area contributed by atoms with Crippen molar-refractivity contribution in [2.45, 2.75) is 6.92 Å². The van der Waals surface area contributed by atoms with Gasteiger partial charge in [0.25, 0.3) is 0 Å². The number of nitrogens with zero attached hydrogens (tertiary/aromatic N) is 2. The molecule has 1 aromatic heterocycles. The zero-order valence-corrected chi connectivity index (χ0v) is 7.63. The fourth-order valence-corrected chi connectivity index (χ4v) is 0.948. The Bertz CT molecular complexity index is 343. The van der Waals surface area contributed by atoms with Crippen LogP contribution in [0.4, 0.5) is 10.2 Å². The molecule has 0 radical (unpaired) electrons. The second-order valence-corrected chi connectivity index (χ2v) is 2.98. The number of hydrogen-bond donors (Lipinski definition) is 0. The lowest BCUT2D eigenvalue weighted by Crippen LogP contribution is -1.98. The molecule has 0 saturated carbocycles. The molecule has 0 amide bonds. The smallest absolute Gasteiger partial charge is 0.358 e. The van der Waals surface area contributed by atoms with Crippen molar-refractivity contribution in [2.75, 3.05) is 0 Å². The Morgan fingerprint density at radius 2 is 2.33 bits per heavy atom. The van der Waals surface area contributed by atoms with E-state index < -0.39 is 16.6 Å². The van der Waals surface area contributed by atoms with E-state index in [4.69, 9.17) is 0 Å². The maximum Gasteiger partial charge on any atom is 0.400 e. The van der Waals surface area contributed by atoms with Gasteiger partial charge in [0.05, 0.1) is 4.47 Å². The number of hydrogen-bond acceptors (Lipinski definition) is 3. The Hall–Kier alpha value is -1.04. The van der Waals surface area contributed by atoms with Crippen LogP contribution in [0.15, 0.2) is 10.7 Å². The van der Waals surface area contributed by atoms with Gasteiger partial charge in [-0.05, 0) is 32.8 Å². The molecular weight excluding hydrogens is 231 g/mol. The first-order valence-electron chi connectivity index (χ1n) is 2.99. The topological polar surface area (TPSA) is 56.0 Å². The average molecular weight is 235 g/mol. The van der Waals surface area contributed by atoms with Gasteiger partial charge in [-0.15, -0.1) is 0 Å². The minimum atomic E-state index is -0.894. The fraction of sp³-hybridized carbons (Fsp3) is 0.167. The Morgan fingerprint density at radius 1 is 1.75 bits per heavy atom. The van der Waals surface area contributed by atoms with Gasteiger partial charge in [0, 0.05) is 5.56 Å². The van der Waals surface area contributed by atoms with Gasteiger partial charge >= 0.3 is 5.82 Å². The number of halogens is 2. The minimum Gasteiger partial charge on any atom is -0.358 e. The van der Waals surface area contributed by atoms with Gasteiger partial charge in [0.1, 0.15) is 0 Å². The van der Waals surface area contributed by atoms with E-state index in [1.54, 1.807) is 0 Å². The van der Waals surface area contributed by atoms with Crippen LogP contribution in [0, 0.1) is 22.9 Å². The highest BCUT2D eigenvalue weighted by Gasteiger charge is 2.19. The summed E-state index contributed by atoms with van der Waals surface area (Å²) in [6.07, 6.45) is 1.20. The molecule has 4 nitrogen and oxygen atoms in total. The third-order valence-corrected chi connectivity index (χ3v) is 2.16. The first-order chi connectivity index (χ1) is 5.54. The summed E-state index contributed by atoms with van der Waals surface area (Å²) < 4.78 is 13.4. The summed E-state index contributed by atoms with van der Waals surface area (Å²) in [6.45, 7) is 1.44. The molecule has 0 N–H and O–H groups in total. The van der Waals surface area contributed by atoms with Crippen LogP contribution in [0.1, 0.15) is 5.56 Å². The highest BCUT2D eigenvalue weighted by molar-refractivity contribution is 9.10. The molecule has 0 bridgehead atoms. The van der Waals surface area contributed by atoms with Gasteiger partial charge < -0.3 is 10.1 Å². The third kappa shape index (κ3) is 1.42. The zero-order valence-electron chi connectivity index (χ0n) is 6.04. The van der Waals surface area contributed by atoms with Crippen molar-refractivity contribution >= 4 is 21.7 Å². The van der Waals surface area contributed by atoms with Crippen LogP contribution in [0.25, 0.3) is 0 Å². The molecule has 12 heavy (non-hydrogen) atoms. The monoisotopic (exact) mass is 234 g/mol. The first kappa shape index (κ1) is 9.05. The Morgan fingerprint density at radius 3 is 2.83 bits per heavy atom. The molecule has 0 aromatic carbocycles. The summed E-state index contributed by atoms with van der Waals surface area (Å²) in [4.78, 5) is 12.6. The van der Waals surface area contributed by atoms with Crippen LogP contribution >= 0.6 is 15.9 Å². The second-order valence-electron chi connectivity index (χ2n) is 2.13. The van der Waals surface area contributed by atoms with Gasteiger partial charge in [-0.2, -0.15) is 4.39 Å². The molecular formula is C6H4BrFN2O2. The molecule has 0 atom stereocenters. The van der Waals surface area contributed by atoms with Crippen LogP contribution in [0.3, 0.4) is 0 Å². The van der Waals surface area contributed by atoms with E-state index in [1.807, 2.05) is 0 Å². The number of aromatic nitrogens is 1. The van der Waals surface area contributed by atoms with Crippen molar-refractivity contribution in [1.29, 1.82) is 0 Å². The van der Waals surface area contributed by atoms with Crippen molar-refractivity contribution in [3.63, 3.8) is 0 Å². The number of pyridine rings is 1. The first-order valence-corrected chi connectivity index (χ1v) is 3.78. The summed E-state index contributed by atoms with van der Waals surface area (Å²) in [5.41, 5.74) is 0.191. The standard InChI is InChI=1S/C6H4BrFN2O2/c1-3-4(7)2-9-6(5(3)8)10(11)12/h2H,1H3. The number of rotatable bonds is 1. The molecule has 1 heterocycles. The van der Waals surface area contributed by atoms with Gasteiger partial charge in [-0.3, -0.25) is 0 Å². The molecule has 6 heteroatoms. The largest absolute Gasteiger partial charge is 0.400 e. The summed E-state index contributed by atoms with van der Waals surface area (Å²) in [5, 5.41) is 10.2. The zero-order chi connectivity index (χ0) is 9.30. The lowest BCUT2D eigenvalue weighted by atomic mass is 10.3. The van der Waals surface area contributed by atoms with Crippen LogP contribution < -0.4 is 0 Å². The Kier molecular flexibility index (Phi) is 2.37. The number of nitro groups is 1. The summed E-state index contributed by atoms with van der Waals surface area (Å²) in [7, 11) is 0. The second kappa shape index (κ2) is 3.14. The molecule has 1 aromatic rings. The van der Waals surface area contributed by atoms with Crippen molar-refractivity contribution in [3.8, 4) is 0 Å². The SMILES string of the molecule is Cc1c(Br)cnc([N+](=O)[O-])c1F. The molecule has 0 aliphatic carbocycles. The predicted molar refractivity (Wildman–Crippen MR) is 43.3 cm³/mol. The highest BCUT2D eigenvalue weighted by Crippen LogP contribution is 2.23. The molecule has 64 valence electrons. The maximum absolute atomic E-state index is 13.0. The molecule has 0 unspecified atom stereocenters. The molecule has 0 fully saturated rings. The van der Waals surface area contributed by atoms with E-state index in [0.717, 1.165) is 0 Å². The van der Waals surface area contributed by atoms with Gasteiger partial charge in [-0.25, -0.2) is 0 Å². The van der Waals surface area contributed by atoms with Crippen molar-refractivity contribution < 1.29 is 9.31 Å². The van der Waals surface area contributed by atoms with Crippen LogP contribution in [0.5, 0.6) is 0 Å². The van der Waals surface area contributed by atoms with Crippen LogP contribution in [-0.2, 0) is 0 Å². The van der Waals surface area contributed by atoms with Crippen LogP contribution in [0.2, 0.25) is 0 Å². The normalized spacial score (nSPS) is 9.92. The van der Waals surface area contributed by atoms with Crippen LogP contribution in [-0.4, -0.2) is 9.91 Å². The van der Waals surface area contributed by atoms with Gasteiger partial charge in [-0.1, -0.05) is 0 Å². The molecule has 1 rings (SSSR count). The lowest BCUT2D eigenvalue weighted by Gasteiger charge is -1.97. The van der Waals surface area contributed by atoms with Crippen molar-refractivity contribution in [1.82, 2.24) is 4.98 Å². The molecule has 0 aliphatic heterocycles. The Labute approximate surface area is 75.7 Å². The maximum atomic E-state index is 13.0. The molecule has 0 aliphatic rings.